The van der Waals surface area contributed by atoms with Gasteiger partial charge in [0.05, 0.1) is 0 Å². The van der Waals surface area contributed by atoms with Crippen molar-refractivity contribution in [1.82, 2.24) is 0 Å². The fourth-order valence-electron chi connectivity index (χ4n) is 1.63. The summed E-state index contributed by atoms with van der Waals surface area (Å²) in [5, 5.41) is 0. The highest BCUT2D eigenvalue weighted by molar-refractivity contribution is 7.99. The molecule has 0 amide bonds. The van der Waals surface area contributed by atoms with E-state index >= 15 is 0 Å². The van der Waals surface area contributed by atoms with Crippen molar-refractivity contribution in [3.05, 3.63) is 24.3 Å². The Morgan fingerprint density at radius 1 is 1.31 bits per heavy atom. The van der Waals surface area contributed by atoms with Crippen LogP contribution in [0.1, 0.15) is 20.3 Å². The van der Waals surface area contributed by atoms with Gasteiger partial charge in [-0.3, -0.25) is 0 Å². The van der Waals surface area contributed by atoms with Crippen LogP contribution in [-0.2, 0) is 0 Å². The van der Waals surface area contributed by atoms with Gasteiger partial charge in [-0.05, 0) is 49.9 Å². The monoisotopic (exact) mass is 238 g/mol. The van der Waals surface area contributed by atoms with E-state index in [4.69, 9.17) is 5.73 Å². The minimum absolute atomic E-state index is 0.495. The quantitative estimate of drug-likeness (QED) is 0.773. The van der Waals surface area contributed by atoms with Gasteiger partial charge in [0.25, 0.3) is 0 Å². The SMILES string of the molecule is CCSc1ccc(N(C)C(C)CCN)cc1. The van der Waals surface area contributed by atoms with E-state index in [-0.39, 0.29) is 0 Å². The van der Waals surface area contributed by atoms with E-state index in [1.807, 2.05) is 11.8 Å². The van der Waals surface area contributed by atoms with Crippen LogP contribution in [0.3, 0.4) is 0 Å². The van der Waals surface area contributed by atoms with Crippen molar-refractivity contribution in [2.45, 2.75) is 31.2 Å². The van der Waals surface area contributed by atoms with E-state index in [1.165, 1.54) is 10.6 Å². The summed E-state index contributed by atoms with van der Waals surface area (Å²) in [5.41, 5.74) is 6.84. The summed E-state index contributed by atoms with van der Waals surface area (Å²) < 4.78 is 0. The van der Waals surface area contributed by atoms with Crippen LogP contribution in [0.25, 0.3) is 0 Å². The summed E-state index contributed by atoms with van der Waals surface area (Å²) in [7, 11) is 2.13. The summed E-state index contributed by atoms with van der Waals surface area (Å²) in [6.45, 7) is 5.13. The molecule has 0 aliphatic heterocycles. The van der Waals surface area contributed by atoms with Crippen LogP contribution in [0, 0.1) is 0 Å². The molecular formula is C13H22N2S. The Morgan fingerprint density at radius 3 is 2.44 bits per heavy atom. The first-order valence-corrected chi connectivity index (χ1v) is 6.83. The summed E-state index contributed by atoms with van der Waals surface area (Å²) >= 11 is 1.88. The Labute approximate surface area is 103 Å². The zero-order valence-electron chi connectivity index (χ0n) is 10.4. The van der Waals surface area contributed by atoms with E-state index in [0.29, 0.717) is 6.04 Å². The zero-order valence-corrected chi connectivity index (χ0v) is 11.3. The molecule has 0 bridgehead atoms. The standard InChI is InChI=1S/C13H22N2S/c1-4-16-13-7-5-12(6-8-13)15(3)11(2)9-10-14/h5-8,11H,4,9-10,14H2,1-3H3. The number of rotatable bonds is 6. The third-order valence-electron chi connectivity index (χ3n) is 2.80. The predicted octanol–water partition coefficient (Wildman–Crippen LogP) is 2.97. The minimum atomic E-state index is 0.495. The largest absolute Gasteiger partial charge is 0.372 e. The molecule has 1 unspecified atom stereocenters. The van der Waals surface area contributed by atoms with Crippen molar-refractivity contribution in [3.8, 4) is 0 Å². The molecule has 0 fully saturated rings. The van der Waals surface area contributed by atoms with Crippen molar-refractivity contribution in [2.75, 3.05) is 24.2 Å². The summed E-state index contributed by atoms with van der Waals surface area (Å²) in [6, 6.07) is 9.25. The van der Waals surface area contributed by atoms with Gasteiger partial charge in [-0.1, -0.05) is 6.92 Å². The molecule has 1 aromatic carbocycles. The topological polar surface area (TPSA) is 29.3 Å². The van der Waals surface area contributed by atoms with Crippen LogP contribution in [0.4, 0.5) is 5.69 Å². The lowest BCUT2D eigenvalue weighted by molar-refractivity contribution is 0.635. The molecule has 0 aliphatic rings. The molecule has 1 rings (SSSR count). The number of benzene rings is 1. The first-order valence-electron chi connectivity index (χ1n) is 5.84. The molecule has 0 aliphatic carbocycles. The van der Waals surface area contributed by atoms with Crippen molar-refractivity contribution in [2.24, 2.45) is 5.73 Å². The predicted molar refractivity (Wildman–Crippen MR) is 74.4 cm³/mol. The molecule has 1 aromatic rings. The van der Waals surface area contributed by atoms with Crippen molar-refractivity contribution < 1.29 is 0 Å². The van der Waals surface area contributed by atoms with Gasteiger partial charge in [-0.15, -0.1) is 11.8 Å². The molecule has 16 heavy (non-hydrogen) atoms. The highest BCUT2D eigenvalue weighted by Crippen LogP contribution is 2.22. The van der Waals surface area contributed by atoms with Gasteiger partial charge >= 0.3 is 0 Å². The molecule has 0 spiro atoms. The Morgan fingerprint density at radius 2 is 1.94 bits per heavy atom. The van der Waals surface area contributed by atoms with Gasteiger partial charge in [0.1, 0.15) is 0 Å². The first kappa shape index (κ1) is 13.4. The third-order valence-corrected chi connectivity index (χ3v) is 3.69. The molecule has 0 heterocycles. The number of thioether (sulfide) groups is 1. The van der Waals surface area contributed by atoms with Gasteiger partial charge in [0.15, 0.2) is 0 Å². The van der Waals surface area contributed by atoms with E-state index in [1.54, 1.807) is 0 Å². The Balaban J connectivity index is 2.65. The van der Waals surface area contributed by atoms with Crippen molar-refractivity contribution in [1.29, 1.82) is 0 Å². The maximum atomic E-state index is 5.58. The van der Waals surface area contributed by atoms with Crippen LogP contribution in [-0.4, -0.2) is 25.4 Å². The number of hydrogen-bond donors (Lipinski definition) is 1. The normalized spacial score (nSPS) is 12.5. The van der Waals surface area contributed by atoms with Crippen LogP contribution in [0.5, 0.6) is 0 Å². The second-order valence-electron chi connectivity index (χ2n) is 3.96. The molecular weight excluding hydrogens is 216 g/mol. The average molecular weight is 238 g/mol. The number of hydrogen-bond acceptors (Lipinski definition) is 3. The Kier molecular flexibility index (Phi) is 5.71. The lowest BCUT2D eigenvalue weighted by Crippen LogP contribution is -2.30. The van der Waals surface area contributed by atoms with Crippen LogP contribution < -0.4 is 10.6 Å². The Bertz CT molecular complexity index is 297. The second kappa shape index (κ2) is 6.81. The molecule has 0 radical (unpaired) electrons. The van der Waals surface area contributed by atoms with E-state index in [0.717, 1.165) is 18.7 Å². The molecule has 0 saturated carbocycles. The lowest BCUT2D eigenvalue weighted by Gasteiger charge is -2.26. The van der Waals surface area contributed by atoms with E-state index in [9.17, 15) is 0 Å². The molecule has 1 atom stereocenters. The summed E-state index contributed by atoms with van der Waals surface area (Å²) in [6.07, 6.45) is 1.03. The van der Waals surface area contributed by atoms with E-state index < -0.39 is 0 Å². The fourth-order valence-corrected chi connectivity index (χ4v) is 2.30. The molecule has 2 N–H and O–H groups in total. The number of nitrogens with two attached hydrogens (primary N) is 1. The second-order valence-corrected chi connectivity index (χ2v) is 5.30. The summed E-state index contributed by atoms with van der Waals surface area (Å²) in [5.74, 6) is 1.12. The van der Waals surface area contributed by atoms with Crippen LogP contribution >= 0.6 is 11.8 Å². The third kappa shape index (κ3) is 3.72. The summed E-state index contributed by atoms with van der Waals surface area (Å²) in [4.78, 5) is 3.62. The van der Waals surface area contributed by atoms with Gasteiger partial charge in [-0.2, -0.15) is 0 Å². The minimum Gasteiger partial charge on any atom is -0.372 e. The van der Waals surface area contributed by atoms with Gasteiger partial charge < -0.3 is 10.6 Å². The highest BCUT2D eigenvalue weighted by Gasteiger charge is 2.08. The van der Waals surface area contributed by atoms with Crippen LogP contribution in [0.2, 0.25) is 0 Å². The molecule has 2 nitrogen and oxygen atoms in total. The number of anilines is 1. The zero-order chi connectivity index (χ0) is 12.0. The average Bonchev–Trinajstić information content (AvgIpc) is 2.30. The van der Waals surface area contributed by atoms with Crippen LogP contribution in [0.15, 0.2) is 29.2 Å². The van der Waals surface area contributed by atoms with Crippen molar-refractivity contribution in [3.63, 3.8) is 0 Å². The highest BCUT2D eigenvalue weighted by atomic mass is 32.2. The maximum Gasteiger partial charge on any atom is 0.0366 e. The molecule has 0 saturated heterocycles. The molecule has 0 aromatic heterocycles. The number of nitrogens with zero attached hydrogens (tertiary/aromatic N) is 1. The van der Waals surface area contributed by atoms with Gasteiger partial charge in [0.2, 0.25) is 0 Å². The molecule has 90 valence electrons. The first-order chi connectivity index (χ1) is 7.69. The Hall–Kier alpha value is -0.670. The molecule has 3 heteroatoms. The maximum absolute atomic E-state index is 5.58. The van der Waals surface area contributed by atoms with Crippen molar-refractivity contribution >= 4 is 17.4 Å². The van der Waals surface area contributed by atoms with E-state index in [2.05, 4.69) is 50.1 Å². The smallest absolute Gasteiger partial charge is 0.0366 e. The lowest BCUT2D eigenvalue weighted by atomic mass is 10.2. The fraction of sp³-hybridized carbons (Fsp3) is 0.538. The van der Waals surface area contributed by atoms with Gasteiger partial charge in [-0.25, -0.2) is 0 Å². The van der Waals surface area contributed by atoms with Gasteiger partial charge in [0, 0.05) is 23.7 Å².